The summed E-state index contributed by atoms with van der Waals surface area (Å²) in [4.78, 5) is 0. The monoisotopic (exact) mass is 388 g/mol. The van der Waals surface area contributed by atoms with Gasteiger partial charge in [-0.25, -0.2) is 0 Å². The first-order chi connectivity index (χ1) is 13.4. The van der Waals surface area contributed by atoms with Crippen molar-refractivity contribution in [3.63, 3.8) is 0 Å². The van der Waals surface area contributed by atoms with Crippen LogP contribution in [0.3, 0.4) is 0 Å². The average molecular weight is 389 g/mol. The molecule has 1 aromatic rings. The van der Waals surface area contributed by atoms with Crippen LogP contribution in [0.4, 0.5) is 0 Å². The lowest BCUT2D eigenvalue weighted by Gasteiger charge is -2.30. The molecule has 28 heavy (non-hydrogen) atoms. The molecule has 160 valence electrons. The van der Waals surface area contributed by atoms with Crippen LogP contribution in [0.15, 0.2) is 0 Å². The van der Waals surface area contributed by atoms with Crippen LogP contribution in [-0.4, -0.2) is 11.2 Å². The highest BCUT2D eigenvalue weighted by atomic mass is 16.5. The first-order valence-corrected chi connectivity index (χ1v) is 11.9. The Morgan fingerprint density at radius 3 is 2.00 bits per heavy atom. The Hall–Kier alpha value is -1.18. The molecule has 0 bridgehead atoms. The van der Waals surface area contributed by atoms with Crippen molar-refractivity contribution < 1.29 is 9.84 Å². The summed E-state index contributed by atoms with van der Waals surface area (Å²) in [7, 11) is 0. The standard InChI is InChI=1S/C26H44O2/c1-19(2)15-13-11-9-7-6-8-10-12-14-16-23-17-18-24-22(5)25(27)20(3)21(4)26(24)28-23/h19,23,27H,6-18H2,1-5H3. The number of unbranched alkanes of at least 4 members (excludes halogenated alkanes) is 8. The van der Waals surface area contributed by atoms with Gasteiger partial charge in [-0.05, 0) is 69.1 Å². The Balaban J connectivity index is 1.58. The minimum absolute atomic E-state index is 0.357. The van der Waals surface area contributed by atoms with Gasteiger partial charge >= 0.3 is 0 Å². The molecule has 1 N–H and O–H groups in total. The Morgan fingerprint density at radius 1 is 0.821 bits per heavy atom. The lowest BCUT2D eigenvalue weighted by Crippen LogP contribution is -2.24. The Morgan fingerprint density at radius 2 is 1.39 bits per heavy atom. The zero-order valence-electron chi connectivity index (χ0n) is 19.2. The fourth-order valence-electron chi connectivity index (χ4n) is 4.53. The number of fused-ring (bicyclic) bond motifs is 1. The third kappa shape index (κ3) is 6.71. The lowest BCUT2D eigenvalue weighted by molar-refractivity contribution is 0.158. The normalized spacial score (nSPS) is 16.3. The molecule has 0 aliphatic carbocycles. The second-order valence-corrected chi connectivity index (χ2v) is 9.46. The fraction of sp³-hybridized carbons (Fsp3) is 0.769. The number of phenolic OH excluding ortho intramolecular Hbond substituents is 1. The second kappa shape index (κ2) is 11.7. The number of aromatic hydroxyl groups is 1. The molecule has 2 rings (SSSR count). The Bertz CT molecular complexity index is 603. The van der Waals surface area contributed by atoms with Crippen LogP contribution in [0.25, 0.3) is 0 Å². The van der Waals surface area contributed by atoms with Gasteiger partial charge in [-0.15, -0.1) is 0 Å². The molecule has 1 unspecified atom stereocenters. The van der Waals surface area contributed by atoms with Crippen molar-refractivity contribution in [2.24, 2.45) is 5.92 Å². The molecule has 1 aliphatic rings. The van der Waals surface area contributed by atoms with Crippen LogP contribution in [0, 0.1) is 26.7 Å². The molecule has 2 heteroatoms. The van der Waals surface area contributed by atoms with Crippen LogP contribution in [0.1, 0.15) is 113 Å². The minimum atomic E-state index is 0.357. The van der Waals surface area contributed by atoms with Crippen LogP contribution in [0.5, 0.6) is 11.5 Å². The van der Waals surface area contributed by atoms with E-state index in [9.17, 15) is 5.11 Å². The van der Waals surface area contributed by atoms with Gasteiger partial charge in [0.15, 0.2) is 0 Å². The van der Waals surface area contributed by atoms with Gasteiger partial charge in [0.1, 0.15) is 11.5 Å². The molecule has 0 spiro atoms. The maximum absolute atomic E-state index is 10.3. The van der Waals surface area contributed by atoms with Crippen molar-refractivity contribution in [1.82, 2.24) is 0 Å². The number of rotatable bonds is 12. The van der Waals surface area contributed by atoms with E-state index in [-0.39, 0.29) is 0 Å². The number of hydrogen-bond acceptors (Lipinski definition) is 2. The van der Waals surface area contributed by atoms with E-state index < -0.39 is 0 Å². The SMILES string of the molecule is Cc1c(C)c2c(c(C)c1O)CCC(CCCCCCCCCCCC(C)C)O2. The van der Waals surface area contributed by atoms with Crippen LogP contribution in [0.2, 0.25) is 0 Å². The molecule has 1 atom stereocenters. The summed E-state index contributed by atoms with van der Waals surface area (Å²) < 4.78 is 6.37. The molecule has 2 nitrogen and oxygen atoms in total. The molecule has 0 amide bonds. The first kappa shape index (κ1) is 23.1. The molecular formula is C26H44O2. The highest BCUT2D eigenvalue weighted by Gasteiger charge is 2.25. The van der Waals surface area contributed by atoms with E-state index in [4.69, 9.17) is 4.74 Å². The van der Waals surface area contributed by atoms with Gasteiger partial charge in [0.25, 0.3) is 0 Å². The molecule has 1 heterocycles. The van der Waals surface area contributed by atoms with Gasteiger partial charge in [0.05, 0.1) is 6.10 Å². The molecule has 0 saturated carbocycles. The fourth-order valence-corrected chi connectivity index (χ4v) is 4.53. The molecule has 0 radical (unpaired) electrons. The summed E-state index contributed by atoms with van der Waals surface area (Å²) in [6.07, 6.45) is 17.6. The van der Waals surface area contributed by atoms with E-state index in [0.29, 0.717) is 11.9 Å². The summed E-state index contributed by atoms with van der Waals surface area (Å²) in [5, 5.41) is 10.3. The van der Waals surface area contributed by atoms with E-state index in [1.165, 1.54) is 76.2 Å². The van der Waals surface area contributed by atoms with Crippen molar-refractivity contribution in [2.75, 3.05) is 0 Å². The molecule has 0 aromatic heterocycles. The number of ether oxygens (including phenoxy) is 1. The third-order valence-electron chi connectivity index (χ3n) is 6.65. The van der Waals surface area contributed by atoms with Gasteiger partial charge in [0, 0.05) is 5.56 Å². The van der Waals surface area contributed by atoms with Crippen molar-refractivity contribution in [3.05, 3.63) is 22.3 Å². The summed E-state index contributed by atoms with van der Waals surface area (Å²) in [6.45, 7) is 10.7. The third-order valence-corrected chi connectivity index (χ3v) is 6.65. The summed E-state index contributed by atoms with van der Waals surface area (Å²) in [5.41, 5.74) is 4.34. The van der Waals surface area contributed by atoms with Crippen LogP contribution < -0.4 is 4.74 Å². The van der Waals surface area contributed by atoms with Crippen LogP contribution >= 0.6 is 0 Å². The number of benzene rings is 1. The predicted molar refractivity (Wildman–Crippen MR) is 121 cm³/mol. The van der Waals surface area contributed by atoms with E-state index >= 15 is 0 Å². The minimum Gasteiger partial charge on any atom is -0.507 e. The van der Waals surface area contributed by atoms with Crippen molar-refractivity contribution >= 4 is 0 Å². The Labute approximate surface area is 174 Å². The molecule has 1 aliphatic heterocycles. The van der Waals surface area contributed by atoms with Crippen molar-refractivity contribution in [3.8, 4) is 11.5 Å². The summed E-state index contributed by atoms with van der Waals surface area (Å²) >= 11 is 0. The molecule has 1 aromatic carbocycles. The van der Waals surface area contributed by atoms with E-state index in [1.807, 2.05) is 13.8 Å². The van der Waals surface area contributed by atoms with Crippen molar-refractivity contribution in [1.29, 1.82) is 0 Å². The molecule has 0 fully saturated rings. The van der Waals surface area contributed by atoms with Gasteiger partial charge in [-0.3, -0.25) is 0 Å². The lowest BCUT2D eigenvalue weighted by atomic mass is 9.90. The van der Waals surface area contributed by atoms with Crippen molar-refractivity contribution in [2.45, 2.75) is 124 Å². The summed E-state index contributed by atoms with van der Waals surface area (Å²) in [5.74, 6) is 2.38. The highest BCUT2D eigenvalue weighted by molar-refractivity contribution is 5.58. The second-order valence-electron chi connectivity index (χ2n) is 9.46. The van der Waals surface area contributed by atoms with Gasteiger partial charge in [-0.1, -0.05) is 71.6 Å². The van der Waals surface area contributed by atoms with E-state index in [0.717, 1.165) is 41.2 Å². The highest BCUT2D eigenvalue weighted by Crippen LogP contribution is 2.41. The predicted octanol–water partition coefficient (Wildman–Crippen LogP) is 7.96. The van der Waals surface area contributed by atoms with Gasteiger partial charge < -0.3 is 9.84 Å². The maximum atomic E-state index is 10.3. The van der Waals surface area contributed by atoms with Gasteiger partial charge in [-0.2, -0.15) is 0 Å². The zero-order chi connectivity index (χ0) is 20.5. The Kier molecular flexibility index (Phi) is 9.68. The molecule has 0 saturated heterocycles. The average Bonchev–Trinajstić information content (AvgIpc) is 2.68. The zero-order valence-corrected chi connectivity index (χ0v) is 19.2. The summed E-state index contributed by atoms with van der Waals surface area (Å²) in [6, 6.07) is 0. The van der Waals surface area contributed by atoms with Gasteiger partial charge in [0.2, 0.25) is 0 Å². The number of hydrogen-bond donors (Lipinski definition) is 1. The maximum Gasteiger partial charge on any atom is 0.126 e. The van der Waals surface area contributed by atoms with E-state index in [2.05, 4.69) is 20.8 Å². The quantitative estimate of drug-likeness (QED) is 0.368. The molecular weight excluding hydrogens is 344 g/mol. The first-order valence-electron chi connectivity index (χ1n) is 11.9. The smallest absolute Gasteiger partial charge is 0.126 e. The largest absolute Gasteiger partial charge is 0.507 e. The van der Waals surface area contributed by atoms with Crippen LogP contribution in [-0.2, 0) is 6.42 Å². The number of phenols is 1. The van der Waals surface area contributed by atoms with E-state index in [1.54, 1.807) is 0 Å². The topological polar surface area (TPSA) is 29.5 Å².